The first-order valence-electron chi connectivity index (χ1n) is 9.88. The zero-order valence-electron chi connectivity index (χ0n) is 16.6. The molecular formula is C23H18ClN3O3S. The van der Waals surface area contributed by atoms with Crippen LogP contribution in [0.3, 0.4) is 0 Å². The molecule has 0 atom stereocenters. The molecule has 0 radical (unpaired) electrons. The fraction of sp³-hybridized carbons (Fsp3) is 0.174. The Morgan fingerprint density at radius 3 is 2.84 bits per heavy atom. The van der Waals surface area contributed by atoms with Gasteiger partial charge in [-0.1, -0.05) is 29.8 Å². The largest absolute Gasteiger partial charge is 0.455 e. The Morgan fingerprint density at radius 2 is 2.03 bits per heavy atom. The van der Waals surface area contributed by atoms with Crippen LogP contribution in [0.2, 0.25) is 5.02 Å². The van der Waals surface area contributed by atoms with Gasteiger partial charge in [-0.25, -0.2) is 4.98 Å². The lowest BCUT2D eigenvalue weighted by Crippen LogP contribution is -2.20. The number of benzene rings is 2. The number of carbonyl (C=O) groups excluding carboxylic acids is 1. The number of nitrogens with one attached hydrogen (secondary N) is 1. The topological polar surface area (TPSA) is 73.2 Å². The first-order chi connectivity index (χ1) is 15.0. The molecular weight excluding hydrogens is 434 g/mol. The zero-order chi connectivity index (χ0) is 21.5. The number of fused-ring (bicyclic) bond motifs is 2. The normalized spacial score (nSPS) is 12.7. The molecule has 0 aliphatic carbocycles. The number of hydrogen-bond acceptors (Lipinski definition) is 5. The van der Waals surface area contributed by atoms with Crippen LogP contribution in [-0.4, -0.2) is 15.5 Å². The zero-order valence-corrected chi connectivity index (χ0v) is 18.2. The van der Waals surface area contributed by atoms with Crippen molar-refractivity contribution in [2.75, 3.05) is 5.32 Å². The van der Waals surface area contributed by atoms with Crippen LogP contribution in [-0.2, 0) is 13.0 Å². The quantitative estimate of drug-likeness (QED) is 0.450. The number of hydrogen-bond donors (Lipinski definition) is 1. The monoisotopic (exact) mass is 451 g/mol. The van der Waals surface area contributed by atoms with Gasteiger partial charge in [-0.05, 0) is 49.2 Å². The summed E-state index contributed by atoms with van der Waals surface area (Å²) in [4.78, 5) is 31.7. The van der Waals surface area contributed by atoms with Gasteiger partial charge in [0, 0.05) is 18.0 Å². The van der Waals surface area contributed by atoms with E-state index in [4.69, 9.17) is 16.3 Å². The van der Waals surface area contributed by atoms with Crippen molar-refractivity contribution >= 4 is 44.7 Å². The highest BCUT2D eigenvalue weighted by molar-refractivity contribution is 7.20. The number of ether oxygens (including phenoxy) is 1. The lowest BCUT2D eigenvalue weighted by atomic mass is 10.2. The van der Waals surface area contributed by atoms with Crippen molar-refractivity contribution in [2.24, 2.45) is 0 Å². The van der Waals surface area contributed by atoms with Crippen molar-refractivity contribution < 1.29 is 9.53 Å². The third-order valence-electron chi connectivity index (χ3n) is 5.28. The standard InChI is InChI=1S/C23H18ClN3O3S/c1-13-19-22(26-18-8-5-11-27(18)23(19)29)31-20(13)21(28)25-16-12-14(24)9-10-17(16)30-15-6-3-2-4-7-15/h2-4,6-7,9-10,12H,5,8,11H2,1H3,(H,25,28). The molecule has 4 aromatic rings. The van der Waals surface area contributed by atoms with E-state index in [2.05, 4.69) is 10.3 Å². The van der Waals surface area contributed by atoms with Gasteiger partial charge in [-0.15, -0.1) is 11.3 Å². The van der Waals surface area contributed by atoms with Gasteiger partial charge in [0.25, 0.3) is 11.5 Å². The Morgan fingerprint density at radius 1 is 1.23 bits per heavy atom. The third-order valence-corrected chi connectivity index (χ3v) is 6.70. The number of thiophene rings is 1. The molecule has 6 nitrogen and oxygen atoms in total. The maximum atomic E-state index is 13.1. The summed E-state index contributed by atoms with van der Waals surface area (Å²) in [5.74, 6) is 1.58. The molecule has 2 aromatic carbocycles. The Bertz CT molecular complexity index is 1380. The molecule has 0 saturated carbocycles. The number of aromatic nitrogens is 2. The average Bonchev–Trinajstić information content (AvgIpc) is 3.36. The van der Waals surface area contributed by atoms with Crippen LogP contribution >= 0.6 is 22.9 Å². The molecule has 0 spiro atoms. The minimum Gasteiger partial charge on any atom is -0.455 e. The second kappa shape index (κ2) is 7.83. The molecule has 0 fully saturated rings. The van der Waals surface area contributed by atoms with Crippen LogP contribution in [0, 0.1) is 6.92 Å². The molecule has 2 aromatic heterocycles. The molecule has 31 heavy (non-hydrogen) atoms. The van der Waals surface area contributed by atoms with Gasteiger partial charge in [-0.3, -0.25) is 14.2 Å². The average molecular weight is 452 g/mol. The van der Waals surface area contributed by atoms with E-state index in [-0.39, 0.29) is 11.5 Å². The Hall–Kier alpha value is -3.16. The predicted octanol–water partition coefficient (Wildman–Crippen LogP) is 5.41. The molecule has 0 saturated heterocycles. The molecule has 156 valence electrons. The molecule has 1 aliphatic heterocycles. The van der Waals surface area contributed by atoms with Crippen molar-refractivity contribution in [3.8, 4) is 11.5 Å². The van der Waals surface area contributed by atoms with Crippen molar-refractivity contribution in [1.29, 1.82) is 0 Å². The SMILES string of the molecule is Cc1c(C(=O)Nc2cc(Cl)ccc2Oc2ccccc2)sc2nc3n(c(=O)c12)CCC3. The second-order valence-corrected chi connectivity index (χ2v) is 8.77. The number of para-hydroxylation sites is 1. The van der Waals surface area contributed by atoms with E-state index in [1.165, 1.54) is 11.3 Å². The van der Waals surface area contributed by atoms with Crippen molar-refractivity contribution in [3.05, 3.63) is 80.2 Å². The minimum absolute atomic E-state index is 0.0684. The van der Waals surface area contributed by atoms with Gasteiger partial charge in [0.2, 0.25) is 0 Å². The maximum absolute atomic E-state index is 13.1. The van der Waals surface area contributed by atoms with Gasteiger partial charge >= 0.3 is 0 Å². The summed E-state index contributed by atoms with van der Waals surface area (Å²) < 4.78 is 7.64. The van der Waals surface area contributed by atoms with Gasteiger partial charge in [0.15, 0.2) is 5.75 Å². The lowest BCUT2D eigenvalue weighted by Gasteiger charge is -2.12. The summed E-state index contributed by atoms with van der Waals surface area (Å²) in [6, 6.07) is 14.3. The first kappa shape index (κ1) is 19.8. The molecule has 1 amide bonds. The molecule has 8 heteroatoms. The highest BCUT2D eigenvalue weighted by atomic mass is 35.5. The number of halogens is 1. The van der Waals surface area contributed by atoms with E-state index in [9.17, 15) is 9.59 Å². The smallest absolute Gasteiger partial charge is 0.266 e. The maximum Gasteiger partial charge on any atom is 0.266 e. The summed E-state index contributed by atoms with van der Waals surface area (Å²) in [7, 11) is 0. The van der Waals surface area contributed by atoms with Gasteiger partial charge in [0.05, 0.1) is 16.0 Å². The van der Waals surface area contributed by atoms with E-state index in [1.54, 1.807) is 29.7 Å². The Balaban J connectivity index is 1.50. The van der Waals surface area contributed by atoms with Gasteiger partial charge in [-0.2, -0.15) is 0 Å². The number of anilines is 1. The summed E-state index contributed by atoms with van der Waals surface area (Å²) in [5, 5.41) is 3.89. The van der Waals surface area contributed by atoms with Crippen LogP contribution in [0.1, 0.15) is 27.5 Å². The van der Waals surface area contributed by atoms with Gasteiger partial charge < -0.3 is 10.1 Å². The molecule has 5 rings (SSSR count). The fourth-order valence-electron chi connectivity index (χ4n) is 3.78. The highest BCUT2D eigenvalue weighted by Crippen LogP contribution is 2.34. The van der Waals surface area contributed by atoms with Gasteiger partial charge in [0.1, 0.15) is 16.4 Å². The minimum atomic E-state index is -0.328. The Kier molecular flexibility index (Phi) is 5.00. The first-order valence-corrected chi connectivity index (χ1v) is 11.1. The van der Waals surface area contributed by atoms with E-state index in [0.717, 1.165) is 18.7 Å². The van der Waals surface area contributed by atoms with Crippen LogP contribution in [0.15, 0.2) is 53.3 Å². The Labute approximate surface area is 187 Å². The molecule has 0 bridgehead atoms. The van der Waals surface area contributed by atoms with E-state index >= 15 is 0 Å². The second-order valence-electron chi connectivity index (χ2n) is 7.33. The number of rotatable bonds is 4. The van der Waals surface area contributed by atoms with E-state index in [1.807, 2.05) is 30.3 Å². The number of carbonyl (C=O) groups is 1. The van der Waals surface area contributed by atoms with E-state index in [0.29, 0.717) is 49.4 Å². The summed E-state index contributed by atoms with van der Waals surface area (Å²) in [6.45, 7) is 2.47. The fourth-order valence-corrected chi connectivity index (χ4v) is 5.03. The summed E-state index contributed by atoms with van der Waals surface area (Å²) in [5.41, 5.74) is 1.02. The van der Waals surface area contributed by atoms with Crippen LogP contribution in [0.4, 0.5) is 5.69 Å². The van der Waals surface area contributed by atoms with Crippen LogP contribution in [0.5, 0.6) is 11.5 Å². The summed E-state index contributed by atoms with van der Waals surface area (Å²) in [6.07, 6.45) is 1.71. The highest BCUT2D eigenvalue weighted by Gasteiger charge is 2.24. The third kappa shape index (κ3) is 3.60. The molecule has 0 unspecified atom stereocenters. The molecule has 1 N–H and O–H groups in total. The predicted molar refractivity (Wildman–Crippen MR) is 123 cm³/mol. The lowest BCUT2D eigenvalue weighted by molar-refractivity contribution is 0.103. The number of amides is 1. The van der Waals surface area contributed by atoms with E-state index < -0.39 is 0 Å². The summed E-state index contributed by atoms with van der Waals surface area (Å²) >= 11 is 7.40. The van der Waals surface area contributed by atoms with Crippen LogP contribution in [0.25, 0.3) is 10.2 Å². The van der Waals surface area contributed by atoms with Crippen LogP contribution < -0.4 is 15.6 Å². The number of nitrogens with zero attached hydrogens (tertiary/aromatic N) is 2. The molecule has 3 heterocycles. The molecule has 1 aliphatic rings. The number of aryl methyl sites for hydroxylation is 2. The van der Waals surface area contributed by atoms with Crippen molar-refractivity contribution in [3.63, 3.8) is 0 Å². The van der Waals surface area contributed by atoms with Crippen molar-refractivity contribution in [2.45, 2.75) is 26.3 Å². The van der Waals surface area contributed by atoms with Crippen molar-refractivity contribution in [1.82, 2.24) is 9.55 Å².